The Morgan fingerprint density at radius 1 is 1.40 bits per heavy atom. The van der Waals surface area contributed by atoms with Crippen molar-refractivity contribution in [2.45, 2.75) is 0 Å². The Morgan fingerprint density at radius 2 is 2.15 bits per heavy atom. The number of hydrogen-bond donors (Lipinski definition) is 2. The Kier molecular flexibility index (Phi) is 2.46. The second-order valence-corrected chi connectivity index (χ2v) is 4.53. The fraction of sp³-hybridized carbons (Fsp3) is 0.167. The first-order valence-corrected chi connectivity index (χ1v) is 5.81. The molecule has 0 saturated heterocycles. The Hall–Kier alpha value is -2.90. The van der Waals surface area contributed by atoms with Crippen LogP contribution >= 0.6 is 0 Å². The summed E-state index contributed by atoms with van der Waals surface area (Å²) in [4.78, 5) is 31.2. The summed E-state index contributed by atoms with van der Waals surface area (Å²) in [6.07, 6.45) is 0. The Bertz CT molecular complexity index is 893. The number of nitrogens with zero attached hydrogens (tertiary/aromatic N) is 4. The quantitative estimate of drug-likeness (QED) is 0.697. The van der Waals surface area contributed by atoms with E-state index in [1.807, 2.05) is 31.1 Å². The monoisotopic (exact) mass is 273 g/mol. The van der Waals surface area contributed by atoms with Gasteiger partial charge in [0, 0.05) is 25.2 Å². The molecule has 8 nitrogen and oxygen atoms in total. The van der Waals surface area contributed by atoms with Crippen molar-refractivity contribution in [3.05, 3.63) is 34.5 Å². The highest BCUT2D eigenvalue weighted by Crippen LogP contribution is 2.21. The molecule has 3 rings (SSSR count). The van der Waals surface area contributed by atoms with Gasteiger partial charge in [0.1, 0.15) is 0 Å². The highest BCUT2D eigenvalue weighted by Gasteiger charge is 2.15. The van der Waals surface area contributed by atoms with Crippen LogP contribution < -0.4 is 10.6 Å². The molecular formula is C12H11N5O3. The molecule has 0 unspecified atom stereocenters. The fourth-order valence-corrected chi connectivity index (χ4v) is 1.99. The van der Waals surface area contributed by atoms with Gasteiger partial charge < -0.3 is 15.0 Å². The van der Waals surface area contributed by atoms with E-state index in [1.165, 1.54) is 0 Å². The molecule has 2 heterocycles. The van der Waals surface area contributed by atoms with Gasteiger partial charge in [-0.05, 0) is 18.2 Å². The normalized spacial score (nSPS) is 11.1. The highest BCUT2D eigenvalue weighted by atomic mass is 16.4. The van der Waals surface area contributed by atoms with Crippen LogP contribution in [0.25, 0.3) is 16.6 Å². The molecule has 2 N–H and O–H groups in total. The van der Waals surface area contributed by atoms with Crippen molar-refractivity contribution >= 4 is 28.2 Å². The van der Waals surface area contributed by atoms with Gasteiger partial charge in [0.15, 0.2) is 5.65 Å². The number of fused-ring (bicyclic) bond motifs is 3. The number of aromatic carboxylic acids is 1. The van der Waals surface area contributed by atoms with Crippen LogP contribution in [0.4, 0.5) is 5.69 Å². The average Bonchev–Trinajstić information content (AvgIpc) is 2.84. The summed E-state index contributed by atoms with van der Waals surface area (Å²) < 4.78 is 0.964. The number of carboxylic acid groups (broad SMARTS) is 1. The molecule has 0 aliphatic rings. The molecule has 1 aromatic carbocycles. The number of rotatable bonds is 2. The summed E-state index contributed by atoms with van der Waals surface area (Å²) in [5, 5.41) is 13.3. The van der Waals surface area contributed by atoms with E-state index in [0.29, 0.717) is 10.9 Å². The van der Waals surface area contributed by atoms with Crippen LogP contribution in [-0.2, 0) is 0 Å². The summed E-state index contributed by atoms with van der Waals surface area (Å²) in [5.41, 5.74) is 1.19. The van der Waals surface area contributed by atoms with Crippen molar-refractivity contribution in [3.8, 4) is 0 Å². The number of H-pyrrole nitrogens is 1. The number of benzene rings is 1. The second-order valence-electron chi connectivity index (χ2n) is 4.53. The molecule has 0 aliphatic heterocycles. The molecule has 8 heteroatoms. The topological polar surface area (TPSA) is 104 Å². The third-order valence-electron chi connectivity index (χ3n) is 2.99. The molecule has 20 heavy (non-hydrogen) atoms. The minimum Gasteiger partial charge on any atom is -0.475 e. The van der Waals surface area contributed by atoms with Gasteiger partial charge in [-0.3, -0.25) is 0 Å². The van der Waals surface area contributed by atoms with E-state index in [1.54, 1.807) is 6.07 Å². The number of anilines is 1. The van der Waals surface area contributed by atoms with Crippen LogP contribution in [0.5, 0.6) is 0 Å². The van der Waals surface area contributed by atoms with E-state index in [0.717, 1.165) is 10.2 Å². The lowest BCUT2D eigenvalue weighted by Crippen LogP contribution is -2.18. The summed E-state index contributed by atoms with van der Waals surface area (Å²) >= 11 is 0. The molecule has 2 aromatic heterocycles. The van der Waals surface area contributed by atoms with Crippen molar-refractivity contribution in [1.82, 2.24) is 19.6 Å². The minimum atomic E-state index is -1.27. The predicted octanol–water partition coefficient (Wildman–Crippen LogP) is 0.335. The first-order chi connectivity index (χ1) is 9.47. The van der Waals surface area contributed by atoms with Crippen LogP contribution in [0.1, 0.15) is 10.6 Å². The smallest absolute Gasteiger partial charge is 0.375 e. The summed E-state index contributed by atoms with van der Waals surface area (Å²) in [7, 11) is 3.77. The SMILES string of the molecule is CN(C)c1ccc2[nH]c(=O)n3nc(C(=O)O)nc3c2c1. The standard InChI is InChI=1S/C12H11N5O3/c1-16(2)6-3-4-8-7(5-6)10-14-9(11(18)19)15-17(10)12(20)13-8/h3-5H,1-2H3,(H,13,20)(H,18,19). The van der Waals surface area contributed by atoms with Crippen LogP contribution in [0.15, 0.2) is 23.0 Å². The van der Waals surface area contributed by atoms with Gasteiger partial charge in [-0.1, -0.05) is 0 Å². The number of carbonyl (C=O) groups is 1. The molecule has 0 spiro atoms. The number of aromatic nitrogens is 4. The lowest BCUT2D eigenvalue weighted by molar-refractivity contribution is 0.0684. The maximum atomic E-state index is 11.8. The summed E-state index contributed by atoms with van der Waals surface area (Å²) in [5.74, 6) is -1.68. The molecule has 0 atom stereocenters. The zero-order chi connectivity index (χ0) is 14.4. The molecular weight excluding hydrogens is 262 g/mol. The average molecular weight is 273 g/mol. The van der Waals surface area contributed by atoms with Crippen molar-refractivity contribution in [1.29, 1.82) is 0 Å². The van der Waals surface area contributed by atoms with Crippen molar-refractivity contribution < 1.29 is 9.90 Å². The van der Waals surface area contributed by atoms with Gasteiger partial charge in [0.25, 0.3) is 5.82 Å². The molecule has 0 fully saturated rings. The lowest BCUT2D eigenvalue weighted by Gasteiger charge is -2.12. The van der Waals surface area contributed by atoms with Crippen molar-refractivity contribution in [2.24, 2.45) is 0 Å². The van der Waals surface area contributed by atoms with E-state index < -0.39 is 17.5 Å². The highest BCUT2D eigenvalue weighted by molar-refractivity contribution is 5.94. The maximum absolute atomic E-state index is 11.8. The van der Waals surface area contributed by atoms with Gasteiger partial charge >= 0.3 is 11.7 Å². The Morgan fingerprint density at radius 3 is 2.80 bits per heavy atom. The van der Waals surface area contributed by atoms with E-state index in [2.05, 4.69) is 15.1 Å². The molecule has 0 saturated carbocycles. The van der Waals surface area contributed by atoms with E-state index in [9.17, 15) is 9.59 Å². The molecule has 102 valence electrons. The van der Waals surface area contributed by atoms with Gasteiger partial charge in [0.2, 0.25) is 0 Å². The van der Waals surface area contributed by atoms with Crippen LogP contribution in [0.2, 0.25) is 0 Å². The minimum absolute atomic E-state index is 0.227. The van der Waals surface area contributed by atoms with Crippen LogP contribution in [-0.4, -0.2) is 44.8 Å². The van der Waals surface area contributed by atoms with E-state index >= 15 is 0 Å². The Balaban J connectivity index is 2.45. The zero-order valence-corrected chi connectivity index (χ0v) is 10.8. The molecule has 0 amide bonds. The third-order valence-corrected chi connectivity index (χ3v) is 2.99. The fourth-order valence-electron chi connectivity index (χ4n) is 1.99. The zero-order valence-electron chi connectivity index (χ0n) is 10.8. The van der Waals surface area contributed by atoms with Gasteiger partial charge in [-0.2, -0.15) is 4.52 Å². The Labute approximate surface area is 112 Å². The van der Waals surface area contributed by atoms with Gasteiger partial charge in [-0.15, -0.1) is 5.10 Å². The van der Waals surface area contributed by atoms with E-state index in [4.69, 9.17) is 5.11 Å². The van der Waals surface area contributed by atoms with Crippen molar-refractivity contribution in [2.75, 3.05) is 19.0 Å². The number of hydrogen-bond acceptors (Lipinski definition) is 5. The number of carboxylic acids is 1. The second kappa shape index (κ2) is 4.05. The molecule has 0 bridgehead atoms. The first-order valence-electron chi connectivity index (χ1n) is 5.81. The number of nitrogens with one attached hydrogen (secondary N) is 1. The van der Waals surface area contributed by atoms with Crippen LogP contribution in [0.3, 0.4) is 0 Å². The lowest BCUT2D eigenvalue weighted by atomic mass is 10.2. The largest absolute Gasteiger partial charge is 0.475 e. The molecule has 0 radical (unpaired) electrons. The first kappa shape index (κ1) is 12.2. The van der Waals surface area contributed by atoms with Crippen molar-refractivity contribution in [3.63, 3.8) is 0 Å². The van der Waals surface area contributed by atoms with E-state index in [-0.39, 0.29) is 5.65 Å². The molecule has 0 aliphatic carbocycles. The summed E-state index contributed by atoms with van der Waals surface area (Å²) in [6.45, 7) is 0. The third kappa shape index (κ3) is 1.69. The maximum Gasteiger partial charge on any atom is 0.375 e. The number of aromatic amines is 1. The van der Waals surface area contributed by atoms with Gasteiger partial charge in [-0.25, -0.2) is 14.6 Å². The predicted molar refractivity (Wildman–Crippen MR) is 72.4 cm³/mol. The van der Waals surface area contributed by atoms with Gasteiger partial charge in [0.05, 0.1) is 5.52 Å². The van der Waals surface area contributed by atoms with Crippen LogP contribution in [0, 0.1) is 0 Å². The summed E-state index contributed by atoms with van der Waals surface area (Å²) in [6, 6.07) is 5.42. The molecule has 3 aromatic rings.